The number of phenolic OH excluding ortho intramolecular Hbond substituents is 1. The molecule has 0 aliphatic carbocycles. The number of carbonyl (C=O) groups is 2. The Morgan fingerprint density at radius 2 is 2.04 bits per heavy atom. The molecule has 142 valence electrons. The maximum Gasteiger partial charge on any atom is 0.312 e. The fourth-order valence-corrected chi connectivity index (χ4v) is 3.30. The number of nitrogens with zero attached hydrogens (tertiary/aromatic N) is 1. The normalized spacial score (nSPS) is 21.8. The van der Waals surface area contributed by atoms with Gasteiger partial charge in [-0.3, -0.25) is 9.59 Å². The molecule has 2 N–H and O–H groups in total. The third-order valence-electron chi connectivity index (χ3n) is 4.84. The maximum atomic E-state index is 13.0. The summed E-state index contributed by atoms with van der Waals surface area (Å²) in [4.78, 5) is 22.5. The Kier molecular flexibility index (Phi) is 5.16. The Morgan fingerprint density at radius 3 is 2.67 bits per heavy atom. The Bertz CT molecular complexity index is 881. The molecule has 0 spiro atoms. The number of aromatic hydroxyl groups is 1. The number of ether oxygens (including phenoxy) is 1. The third kappa shape index (κ3) is 4.10. The molecule has 2 aromatic carbocycles. The average Bonchev–Trinajstić information content (AvgIpc) is 3.04. The quantitative estimate of drug-likeness (QED) is 0.459. The van der Waals surface area contributed by atoms with Gasteiger partial charge in [0.15, 0.2) is 5.78 Å². The number of Topliss-reactive ketones (excluding diaryl/α,β-unsaturated/α-hetero) is 1. The van der Waals surface area contributed by atoms with Crippen LogP contribution in [0.4, 0.5) is 5.69 Å². The second kappa shape index (κ2) is 7.38. The van der Waals surface area contributed by atoms with E-state index >= 15 is 0 Å². The molecule has 1 aliphatic heterocycles. The second-order valence-corrected chi connectivity index (χ2v) is 6.81. The number of ketones is 1. The molecule has 0 bridgehead atoms. The van der Waals surface area contributed by atoms with Gasteiger partial charge in [0.05, 0.1) is 18.7 Å². The molecule has 0 saturated carbocycles. The first-order valence-electron chi connectivity index (χ1n) is 8.66. The number of rotatable bonds is 6. The Labute approximate surface area is 156 Å². The lowest BCUT2D eigenvalue weighted by atomic mass is 10.1. The van der Waals surface area contributed by atoms with Gasteiger partial charge in [0.1, 0.15) is 29.7 Å². The number of carboxylic acids is 1. The van der Waals surface area contributed by atoms with Gasteiger partial charge < -0.3 is 24.8 Å². The minimum atomic E-state index is -0.931. The van der Waals surface area contributed by atoms with Crippen molar-refractivity contribution in [3.05, 3.63) is 58.8 Å². The van der Waals surface area contributed by atoms with Crippen molar-refractivity contribution in [3.8, 4) is 11.5 Å². The van der Waals surface area contributed by atoms with Crippen molar-refractivity contribution >= 4 is 17.4 Å². The van der Waals surface area contributed by atoms with Crippen LogP contribution in [0.25, 0.3) is 0 Å². The summed E-state index contributed by atoms with van der Waals surface area (Å²) in [6.45, 7) is 1.81. The number of carbonyl (C=O) groups excluding carboxylic acids is 1. The third-order valence-corrected chi connectivity index (χ3v) is 4.84. The summed E-state index contributed by atoms with van der Waals surface area (Å²) >= 11 is 0. The van der Waals surface area contributed by atoms with Crippen molar-refractivity contribution in [1.29, 1.82) is 0 Å². The summed E-state index contributed by atoms with van der Waals surface area (Å²) < 4.78 is 4.99. The summed E-state index contributed by atoms with van der Waals surface area (Å²) in [7, 11) is 0. The first-order chi connectivity index (χ1) is 12.8. The van der Waals surface area contributed by atoms with Crippen molar-refractivity contribution in [3.63, 3.8) is 0 Å². The van der Waals surface area contributed by atoms with E-state index < -0.39 is 16.5 Å². The molecule has 1 saturated heterocycles. The van der Waals surface area contributed by atoms with Gasteiger partial charge in [-0.05, 0) is 30.7 Å². The Morgan fingerprint density at radius 1 is 1.26 bits per heavy atom. The van der Waals surface area contributed by atoms with Crippen LogP contribution in [0, 0.1) is 11.1 Å². The monoisotopic (exact) mass is 371 g/mol. The molecule has 2 aromatic rings. The number of phenols is 1. The highest BCUT2D eigenvalue weighted by Crippen LogP contribution is 2.32. The van der Waals surface area contributed by atoms with Crippen LogP contribution < -0.4 is 9.38 Å². The van der Waals surface area contributed by atoms with Gasteiger partial charge >= 0.3 is 5.97 Å². The molecule has 27 heavy (non-hydrogen) atoms. The van der Waals surface area contributed by atoms with Crippen LogP contribution in [0.1, 0.15) is 29.3 Å². The predicted molar refractivity (Wildman–Crippen MR) is 99.5 cm³/mol. The van der Waals surface area contributed by atoms with E-state index in [4.69, 9.17) is 9.84 Å². The molecule has 7 heteroatoms. The predicted octanol–water partition coefficient (Wildman–Crippen LogP) is 3.08. The molecule has 0 aromatic heterocycles. The summed E-state index contributed by atoms with van der Waals surface area (Å²) in [5, 5.41) is 31.9. The fourth-order valence-electron chi connectivity index (χ4n) is 3.30. The minimum Gasteiger partial charge on any atom is -0.627 e. The van der Waals surface area contributed by atoms with Crippen molar-refractivity contribution < 1.29 is 24.5 Å². The van der Waals surface area contributed by atoms with Crippen LogP contribution in [-0.4, -0.2) is 35.1 Å². The van der Waals surface area contributed by atoms with E-state index in [9.17, 15) is 19.9 Å². The maximum absolute atomic E-state index is 13.0. The van der Waals surface area contributed by atoms with Crippen LogP contribution in [-0.2, 0) is 11.4 Å². The molecule has 1 fully saturated rings. The first-order valence-corrected chi connectivity index (χ1v) is 8.66. The summed E-state index contributed by atoms with van der Waals surface area (Å²) in [6.07, 6.45) is 0.362. The van der Waals surface area contributed by atoms with Crippen LogP contribution in [0.3, 0.4) is 0 Å². The molecular formula is C20H21NO6. The number of hydroxylamine groups is 2. The average molecular weight is 371 g/mol. The van der Waals surface area contributed by atoms with Crippen molar-refractivity contribution in [2.24, 2.45) is 5.92 Å². The van der Waals surface area contributed by atoms with E-state index in [0.29, 0.717) is 17.9 Å². The topological polar surface area (TPSA) is 107 Å². The molecule has 3 rings (SSSR count). The van der Waals surface area contributed by atoms with Crippen molar-refractivity contribution in [2.75, 3.05) is 13.1 Å². The number of benzene rings is 2. The van der Waals surface area contributed by atoms with Crippen molar-refractivity contribution in [1.82, 2.24) is 4.65 Å². The number of hydrogen-bond donors (Lipinski definition) is 2. The number of carboxylic acid groups (broad SMARTS) is 1. The fraction of sp³-hybridized carbons (Fsp3) is 0.300. The highest BCUT2D eigenvalue weighted by molar-refractivity contribution is 5.96. The summed E-state index contributed by atoms with van der Waals surface area (Å²) in [5.41, 5.74) is 1.49. The lowest BCUT2D eigenvalue weighted by molar-refractivity contribution is -0.141. The zero-order valence-electron chi connectivity index (χ0n) is 14.9. The molecule has 1 heterocycles. The summed E-state index contributed by atoms with van der Waals surface area (Å²) in [5.74, 6) is -1.53. The molecule has 2 unspecified atom stereocenters. The van der Waals surface area contributed by atoms with Crippen LogP contribution in [0.2, 0.25) is 0 Å². The van der Waals surface area contributed by atoms with Crippen LogP contribution in [0.15, 0.2) is 42.5 Å². The van der Waals surface area contributed by atoms with Gasteiger partial charge in [-0.15, -0.1) is 0 Å². The van der Waals surface area contributed by atoms with Crippen molar-refractivity contribution in [2.45, 2.75) is 20.0 Å². The zero-order chi connectivity index (χ0) is 19.6. The molecular weight excluding hydrogens is 350 g/mol. The van der Waals surface area contributed by atoms with E-state index in [2.05, 4.69) is 0 Å². The second-order valence-electron chi connectivity index (χ2n) is 6.81. The van der Waals surface area contributed by atoms with E-state index in [-0.39, 0.29) is 36.8 Å². The van der Waals surface area contributed by atoms with E-state index in [1.807, 2.05) is 6.07 Å². The Balaban J connectivity index is 1.71. The molecule has 2 atom stereocenters. The largest absolute Gasteiger partial charge is 0.627 e. The smallest absolute Gasteiger partial charge is 0.312 e. The van der Waals surface area contributed by atoms with Crippen LogP contribution >= 0.6 is 0 Å². The lowest BCUT2D eigenvalue weighted by Crippen LogP contribution is -2.41. The van der Waals surface area contributed by atoms with E-state index in [1.165, 1.54) is 19.1 Å². The summed E-state index contributed by atoms with van der Waals surface area (Å²) in [6, 6.07) is 11.5. The number of aliphatic carboxylic acids is 1. The highest BCUT2D eigenvalue weighted by Gasteiger charge is 2.37. The lowest BCUT2D eigenvalue weighted by Gasteiger charge is -2.38. The van der Waals surface area contributed by atoms with Gasteiger partial charge in [-0.2, -0.15) is 0 Å². The molecule has 1 aliphatic rings. The van der Waals surface area contributed by atoms with Gasteiger partial charge in [0.2, 0.25) is 0 Å². The molecule has 0 amide bonds. The zero-order valence-corrected chi connectivity index (χ0v) is 14.9. The Hall–Kier alpha value is -2.90. The standard InChI is InChI=1S/C20H21NO6/c1-13(22)18-6-5-17(10-19(18)23)27-12-14-3-2-4-16(9-14)21(26)8-7-15(11-21)20(24)25/h2-6,9-10,15,23H,7-8,11-12H2,1H3,(H,24,25). The SMILES string of the molecule is CC(=O)c1ccc(OCc2cccc([N+]3([O-])CCC(C(=O)O)C3)c2)cc1O. The van der Waals surface area contributed by atoms with Gasteiger partial charge in [0, 0.05) is 18.6 Å². The van der Waals surface area contributed by atoms with E-state index in [0.717, 1.165) is 5.56 Å². The number of quaternary nitrogens is 1. The van der Waals surface area contributed by atoms with Crippen LogP contribution in [0.5, 0.6) is 11.5 Å². The van der Waals surface area contributed by atoms with Gasteiger partial charge in [0.25, 0.3) is 0 Å². The van der Waals surface area contributed by atoms with Gasteiger partial charge in [-0.25, -0.2) is 0 Å². The van der Waals surface area contributed by atoms with E-state index in [1.54, 1.807) is 24.3 Å². The molecule has 0 radical (unpaired) electrons. The van der Waals surface area contributed by atoms with Gasteiger partial charge in [-0.1, -0.05) is 12.1 Å². The number of hydrogen-bond acceptors (Lipinski definition) is 5. The first kappa shape index (κ1) is 18.9. The molecule has 7 nitrogen and oxygen atoms in total. The minimum absolute atomic E-state index is 0.0278. The highest BCUT2D eigenvalue weighted by atomic mass is 16.5.